The molecule has 3 aromatic rings. The van der Waals surface area contributed by atoms with Gasteiger partial charge in [-0.3, -0.25) is 19.2 Å². The lowest BCUT2D eigenvalue weighted by Gasteiger charge is -2.31. The molecule has 2 unspecified atom stereocenters. The minimum Gasteiger partial charge on any atom is -0.481 e. The van der Waals surface area contributed by atoms with E-state index in [1.165, 1.54) is 12.1 Å². The molecule has 0 aliphatic carbocycles. The van der Waals surface area contributed by atoms with E-state index in [1.807, 2.05) is 0 Å². The molecule has 1 heterocycles. The maximum atomic E-state index is 13.9. The molecular formula is C28H24F3N3O5. The van der Waals surface area contributed by atoms with E-state index in [1.54, 1.807) is 31.2 Å². The van der Waals surface area contributed by atoms with E-state index in [-0.39, 0.29) is 24.2 Å². The van der Waals surface area contributed by atoms with Crippen molar-refractivity contribution in [1.29, 1.82) is 0 Å². The van der Waals surface area contributed by atoms with Crippen molar-refractivity contribution in [3.05, 3.63) is 106 Å². The minimum atomic E-state index is -1.53. The number of rotatable bonds is 7. The number of hydrogen-bond acceptors (Lipinski definition) is 4. The van der Waals surface area contributed by atoms with Crippen molar-refractivity contribution >= 4 is 23.7 Å². The average Bonchev–Trinajstić information content (AvgIpc) is 3.34. The quantitative estimate of drug-likeness (QED) is 0.477. The maximum Gasteiger partial charge on any atom is 0.305 e. The van der Waals surface area contributed by atoms with Gasteiger partial charge in [-0.25, -0.2) is 13.2 Å². The molecule has 0 radical (unpaired) electrons. The van der Waals surface area contributed by atoms with E-state index in [9.17, 15) is 37.5 Å². The number of carboxylic acid groups (broad SMARTS) is 1. The molecule has 2 atom stereocenters. The fourth-order valence-electron chi connectivity index (χ4n) is 4.44. The highest BCUT2D eigenvalue weighted by Gasteiger charge is 2.44. The van der Waals surface area contributed by atoms with Gasteiger partial charge in [0.1, 0.15) is 5.82 Å². The molecule has 1 aliphatic rings. The van der Waals surface area contributed by atoms with E-state index in [0.717, 1.165) is 39.6 Å². The molecule has 2 N–H and O–H groups in total. The summed E-state index contributed by atoms with van der Waals surface area (Å²) in [5.41, 5.74) is 1.10. The zero-order valence-electron chi connectivity index (χ0n) is 20.7. The van der Waals surface area contributed by atoms with E-state index < -0.39 is 59.8 Å². The molecule has 202 valence electrons. The van der Waals surface area contributed by atoms with Crippen molar-refractivity contribution in [1.82, 2.24) is 15.1 Å². The zero-order valence-corrected chi connectivity index (χ0v) is 20.7. The highest BCUT2D eigenvalue weighted by molar-refractivity contribution is 6.02. The molecule has 1 aliphatic heterocycles. The number of carboxylic acids is 1. The number of nitrogens with one attached hydrogen (secondary N) is 1. The zero-order chi connectivity index (χ0) is 28.3. The first-order valence-electron chi connectivity index (χ1n) is 12.0. The van der Waals surface area contributed by atoms with E-state index >= 15 is 0 Å². The van der Waals surface area contributed by atoms with Gasteiger partial charge in [-0.15, -0.1) is 0 Å². The molecule has 1 fully saturated rings. The lowest BCUT2D eigenvalue weighted by Crippen LogP contribution is -2.54. The second-order valence-corrected chi connectivity index (χ2v) is 9.08. The highest BCUT2D eigenvalue weighted by atomic mass is 19.2. The number of amides is 3. The fraction of sp³-hybridized carbons (Fsp3) is 0.214. The summed E-state index contributed by atoms with van der Waals surface area (Å²) in [4.78, 5) is 54.2. The summed E-state index contributed by atoms with van der Waals surface area (Å²) < 4.78 is 40.8. The van der Waals surface area contributed by atoms with Crippen LogP contribution in [0, 0.1) is 24.4 Å². The third-order valence-electron chi connectivity index (χ3n) is 6.33. The van der Waals surface area contributed by atoms with Crippen LogP contribution in [-0.4, -0.2) is 57.9 Å². The van der Waals surface area contributed by atoms with Gasteiger partial charge >= 0.3 is 5.97 Å². The summed E-state index contributed by atoms with van der Waals surface area (Å²) >= 11 is 0. The molecule has 0 spiro atoms. The molecule has 39 heavy (non-hydrogen) atoms. The maximum absolute atomic E-state index is 13.9. The molecular weight excluding hydrogens is 515 g/mol. The Bertz CT molecular complexity index is 1430. The minimum absolute atomic E-state index is 0.0551. The van der Waals surface area contributed by atoms with Crippen molar-refractivity contribution in [3.8, 4) is 0 Å². The van der Waals surface area contributed by atoms with E-state index in [2.05, 4.69) is 5.32 Å². The Morgan fingerprint density at radius 2 is 1.49 bits per heavy atom. The predicted octanol–water partition coefficient (Wildman–Crippen LogP) is 3.67. The Balaban J connectivity index is 1.70. The summed E-state index contributed by atoms with van der Waals surface area (Å²) in [6.45, 7) is 1.62. The summed E-state index contributed by atoms with van der Waals surface area (Å²) in [5.74, 6) is -6.49. The highest BCUT2D eigenvalue weighted by Crippen LogP contribution is 2.25. The van der Waals surface area contributed by atoms with Crippen LogP contribution < -0.4 is 5.32 Å². The van der Waals surface area contributed by atoms with Gasteiger partial charge in [0.25, 0.3) is 17.7 Å². The van der Waals surface area contributed by atoms with Crippen molar-refractivity contribution in [2.75, 3.05) is 13.1 Å². The van der Waals surface area contributed by atoms with Crippen LogP contribution >= 0.6 is 0 Å². The number of aliphatic carboxylic acids is 1. The third kappa shape index (κ3) is 6.08. The van der Waals surface area contributed by atoms with Crippen molar-refractivity contribution in [3.63, 3.8) is 0 Å². The van der Waals surface area contributed by atoms with Gasteiger partial charge in [0.15, 0.2) is 17.8 Å². The Morgan fingerprint density at radius 3 is 2.05 bits per heavy atom. The van der Waals surface area contributed by atoms with Crippen LogP contribution in [0.1, 0.15) is 44.3 Å². The predicted molar refractivity (Wildman–Crippen MR) is 133 cm³/mol. The Morgan fingerprint density at radius 1 is 0.872 bits per heavy atom. The number of hydrogen-bond donors (Lipinski definition) is 2. The van der Waals surface area contributed by atoms with Crippen LogP contribution in [0.4, 0.5) is 13.2 Å². The number of carbonyl (C=O) groups is 4. The molecule has 4 rings (SSSR count). The van der Waals surface area contributed by atoms with Crippen molar-refractivity contribution < 1.29 is 37.5 Å². The lowest BCUT2D eigenvalue weighted by atomic mass is 10.0. The largest absolute Gasteiger partial charge is 0.481 e. The van der Waals surface area contributed by atoms with Gasteiger partial charge in [0.2, 0.25) is 0 Å². The Kier molecular flexibility index (Phi) is 7.99. The number of aryl methyl sites for hydroxylation is 1. The first-order chi connectivity index (χ1) is 18.5. The normalized spacial score (nSPS) is 15.6. The summed E-state index contributed by atoms with van der Waals surface area (Å²) in [5, 5.41) is 12.0. The SMILES string of the molecule is Cc1cccc(C(=O)N2CCN(C(=O)c3ccc(F)c(F)c3)C2C(=O)NC(CC(=O)O)c2ccc(F)cc2)c1. The summed E-state index contributed by atoms with van der Waals surface area (Å²) in [6.07, 6.45) is -2.09. The smallest absolute Gasteiger partial charge is 0.305 e. The van der Waals surface area contributed by atoms with Gasteiger partial charge in [0, 0.05) is 24.2 Å². The second kappa shape index (κ2) is 11.4. The molecule has 0 bridgehead atoms. The number of carbonyl (C=O) groups excluding carboxylic acids is 3. The van der Waals surface area contributed by atoms with Gasteiger partial charge in [0.05, 0.1) is 12.5 Å². The molecule has 11 heteroatoms. The van der Waals surface area contributed by atoms with Crippen molar-refractivity contribution in [2.24, 2.45) is 0 Å². The molecule has 0 saturated carbocycles. The van der Waals surface area contributed by atoms with Gasteiger partial charge in [-0.1, -0.05) is 29.8 Å². The van der Waals surface area contributed by atoms with Gasteiger partial charge in [-0.2, -0.15) is 0 Å². The molecule has 0 aromatic heterocycles. The van der Waals surface area contributed by atoms with Crippen LogP contribution in [0.25, 0.3) is 0 Å². The first kappa shape index (κ1) is 27.4. The standard InChI is InChI=1S/C28H24F3N3O5/c1-16-3-2-4-18(13-16)27(38)33-11-12-34(28(39)19-7-10-21(30)22(31)14-19)26(33)25(37)32-23(15-24(35)36)17-5-8-20(29)9-6-17/h2-10,13-14,23,26H,11-12,15H2,1H3,(H,32,37)(H,35,36). The third-order valence-corrected chi connectivity index (χ3v) is 6.33. The summed E-state index contributed by atoms with van der Waals surface area (Å²) in [6, 6.07) is 12.9. The van der Waals surface area contributed by atoms with Crippen molar-refractivity contribution in [2.45, 2.75) is 25.6 Å². The monoisotopic (exact) mass is 539 g/mol. The molecule has 3 aromatic carbocycles. The van der Waals surface area contributed by atoms with Gasteiger partial charge in [-0.05, 0) is 55.0 Å². The second-order valence-electron chi connectivity index (χ2n) is 9.08. The molecule has 8 nitrogen and oxygen atoms in total. The molecule has 1 saturated heterocycles. The van der Waals surface area contributed by atoms with Gasteiger partial charge < -0.3 is 20.2 Å². The lowest BCUT2D eigenvalue weighted by molar-refractivity contribution is -0.138. The van der Waals surface area contributed by atoms with Crippen LogP contribution in [-0.2, 0) is 9.59 Å². The average molecular weight is 540 g/mol. The van der Waals surface area contributed by atoms with E-state index in [0.29, 0.717) is 11.6 Å². The fourth-order valence-corrected chi connectivity index (χ4v) is 4.44. The Labute approximate surface area is 221 Å². The Hall–Kier alpha value is -4.67. The molecule has 3 amide bonds. The number of halogens is 3. The van der Waals surface area contributed by atoms with Crippen LogP contribution in [0.2, 0.25) is 0 Å². The number of benzene rings is 3. The summed E-state index contributed by atoms with van der Waals surface area (Å²) in [7, 11) is 0. The van der Waals surface area contributed by atoms with Crippen LogP contribution in [0.5, 0.6) is 0 Å². The number of nitrogens with zero attached hydrogens (tertiary/aromatic N) is 2. The van der Waals surface area contributed by atoms with Crippen LogP contribution in [0.3, 0.4) is 0 Å². The van der Waals surface area contributed by atoms with Crippen LogP contribution in [0.15, 0.2) is 66.7 Å². The topological polar surface area (TPSA) is 107 Å². The first-order valence-corrected chi connectivity index (χ1v) is 12.0. The van der Waals surface area contributed by atoms with E-state index in [4.69, 9.17) is 0 Å².